The number of nitrogens with two attached hydrogens (primary N) is 2. The van der Waals surface area contributed by atoms with E-state index in [4.69, 9.17) is 21.7 Å². The van der Waals surface area contributed by atoms with E-state index in [2.05, 4.69) is 10.6 Å². The average Bonchev–Trinajstić information content (AvgIpc) is 2.60. The molecule has 0 fully saturated rings. The SMILES string of the molecule is CC(O)C(NC(=O)CN)C(=O)NC(CCC(N)=O)C(=O)NC(CC(=O)O)C(=O)O. The molecule has 4 unspecified atom stereocenters. The van der Waals surface area contributed by atoms with Gasteiger partial charge in [0.1, 0.15) is 18.1 Å². The van der Waals surface area contributed by atoms with Crippen molar-refractivity contribution in [3.8, 4) is 0 Å². The summed E-state index contributed by atoms with van der Waals surface area (Å²) in [6.07, 6.45) is -3.03. The number of hydrogen-bond donors (Lipinski definition) is 8. The third-order valence-electron chi connectivity index (χ3n) is 3.57. The van der Waals surface area contributed by atoms with Crippen LogP contribution in [0.2, 0.25) is 0 Å². The maximum atomic E-state index is 12.4. The lowest BCUT2D eigenvalue weighted by atomic mass is 10.1. The van der Waals surface area contributed by atoms with E-state index in [1.54, 1.807) is 0 Å². The maximum Gasteiger partial charge on any atom is 0.326 e. The van der Waals surface area contributed by atoms with Crippen LogP contribution in [-0.4, -0.2) is 81.7 Å². The van der Waals surface area contributed by atoms with Crippen LogP contribution in [-0.2, 0) is 28.8 Å². The summed E-state index contributed by atoms with van der Waals surface area (Å²) < 4.78 is 0. The first-order chi connectivity index (χ1) is 13.4. The largest absolute Gasteiger partial charge is 0.481 e. The minimum atomic E-state index is -1.79. The van der Waals surface area contributed by atoms with Crippen LogP contribution < -0.4 is 27.4 Å². The van der Waals surface area contributed by atoms with Crippen LogP contribution in [0.1, 0.15) is 26.2 Å². The molecule has 0 saturated carbocycles. The van der Waals surface area contributed by atoms with Crippen molar-refractivity contribution in [2.45, 2.75) is 50.4 Å². The van der Waals surface area contributed by atoms with Crippen molar-refractivity contribution < 1.29 is 44.1 Å². The minimum Gasteiger partial charge on any atom is -0.481 e. The zero-order chi connectivity index (χ0) is 22.7. The molecule has 0 aliphatic carbocycles. The number of nitrogens with one attached hydrogen (secondary N) is 3. The van der Waals surface area contributed by atoms with Gasteiger partial charge in [-0.05, 0) is 13.3 Å². The van der Waals surface area contributed by atoms with Crippen molar-refractivity contribution in [2.75, 3.05) is 6.54 Å². The van der Waals surface area contributed by atoms with Gasteiger partial charge in [0.05, 0.1) is 19.1 Å². The fourth-order valence-corrected chi connectivity index (χ4v) is 2.10. The average molecular weight is 419 g/mol. The van der Waals surface area contributed by atoms with Gasteiger partial charge in [-0.1, -0.05) is 0 Å². The number of aliphatic carboxylic acids is 2. The van der Waals surface area contributed by atoms with Crippen LogP contribution in [0.4, 0.5) is 0 Å². The van der Waals surface area contributed by atoms with Crippen molar-refractivity contribution >= 4 is 35.6 Å². The molecule has 0 aromatic rings. The van der Waals surface area contributed by atoms with Crippen LogP contribution >= 0.6 is 0 Å². The highest BCUT2D eigenvalue weighted by molar-refractivity contribution is 5.94. The van der Waals surface area contributed by atoms with Crippen LogP contribution in [0.15, 0.2) is 0 Å². The van der Waals surface area contributed by atoms with Crippen molar-refractivity contribution in [3.63, 3.8) is 0 Å². The summed E-state index contributed by atoms with van der Waals surface area (Å²) in [5, 5.41) is 33.7. The Bertz CT molecular complexity index is 652. The lowest BCUT2D eigenvalue weighted by molar-refractivity contribution is -0.147. The van der Waals surface area contributed by atoms with Crippen molar-refractivity contribution in [3.05, 3.63) is 0 Å². The number of hydrogen-bond acceptors (Lipinski definition) is 8. The molecule has 14 heteroatoms. The maximum absolute atomic E-state index is 12.4. The van der Waals surface area contributed by atoms with Crippen LogP contribution in [0.3, 0.4) is 0 Å². The molecular weight excluding hydrogens is 394 g/mol. The molecule has 0 spiro atoms. The Labute approximate surface area is 165 Å². The Morgan fingerprint density at radius 2 is 1.48 bits per heavy atom. The number of carbonyl (C=O) groups excluding carboxylic acids is 4. The summed E-state index contributed by atoms with van der Waals surface area (Å²) >= 11 is 0. The summed E-state index contributed by atoms with van der Waals surface area (Å²) in [4.78, 5) is 69.0. The van der Waals surface area contributed by atoms with Gasteiger partial charge in [0.2, 0.25) is 23.6 Å². The van der Waals surface area contributed by atoms with Gasteiger partial charge >= 0.3 is 11.9 Å². The number of aliphatic hydroxyl groups is 1. The predicted molar refractivity (Wildman–Crippen MR) is 94.8 cm³/mol. The van der Waals surface area contributed by atoms with Gasteiger partial charge in [-0.25, -0.2) is 4.79 Å². The van der Waals surface area contributed by atoms with E-state index in [1.807, 2.05) is 5.32 Å². The van der Waals surface area contributed by atoms with Crippen LogP contribution in [0, 0.1) is 0 Å². The molecule has 10 N–H and O–H groups in total. The van der Waals surface area contributed by atoms with E-state index in [0.29, 0.717) is 0 Å². The molecule has 0 aliphatic rings. The molecule has 0 aliphatic heterocycles. The van der Waals surface area contributed by atoms with E-state index in [-0.39, 0.29) is 12.8 Å². The monoisotopic (exact) mass is 419 g/mol. The molecular formula is C15H25N5O9. The van der Waals surface area contributed by atoms with Crippen molar-refractivity contribution in [1.29, 1.82) is 0 Å². The van der Waals surface area contributed by atoms with Gasteiger partial charge < -0.3 is 42.7 Å². The fourth-order valence-electron chi connectivity index (χ4n) is 2.10. The number of carboxylic acids is 2. The molecule has 29 heavy (non-hydrogen) atoms. The molecule has 0 aromatic heterocycles. The number of amides is 4. The Balaban J connectivity index is 5.41. The second-order valence-electron chi connectivity index (χ2n) is 6.05. The number of carboxylic acid groups (broad SMARTS) is 2. The highest BCUT2D eigenvalue weighted by Crippen LogP contribution is 2.03. The van der Waals surface area contributed by atoms with E-state index in [1.165, 1.54) is 6.92 Å². The van der Waals surface area contributed by atoms with Crippen molar-refractivity contribution in [2.24, 2.45) is 11.5 Å². The molecule has 0 rings (SSSR count). The van der Waals surface area contributed by atoms with Gasteiger partial charge in [0.25, 0.3) is 0 Å². The van der Waals surface area contributed by atoms with E-state index >= 15 is 0 Å². The third kappa shape index (κ3) is 10.0. The highest BCUT2D eigenvalue weighted by Gasteiger charge is 2.32. The molecule has 0 saturated heterocycles. The van der Waals surface area contributed by atoms with E-state index in [9.17, 15) is 33.9 Å². The Hall–Kier alpha value is -3.26. The summed E-state index contributed by atoms with van der Waals surface area (Å²) in [5.74, 6) is -6.82. The summed E-state index contributed by atoms with van der Waals surface area (Å²) in [5.41, 5.74) is 10.1. The molecule has 0 radical (unpaired) electrons. The van der Waals surface area contributed by atoms with Gasteiger partial charge in [0.15, 0.2) is 0 Å². The first-order valence-corrected chi connectivity index (χ1v) is 8.40. The molecule has 4 atom stereocenters. The van der Waals surface area contributed by atoms with Gasteiger partial charge in [-0.3, -0.25) is 24.0 Å². The first kappa shape index (κ1) is 25.7. The summed E-state index contributed by atoms with van der Waals surface area (Å²) in [6.45, 7) is 0.713. The number of primary amides is 1. The van der Waals surface area contributed by atoms with Crippen LogP contribution in [0.5, 0.6) is 0 Å². The quantitative estimate of drug-likeness (QED) is 0.142. The molecule has 164 valence electrons. The third-order valence-corrected chi connectivity index (χ3v) is 3.57. The normalized spacial score (nSPS) is 14.6. The first-order valence-electron chi connectivity index (χ1n) is 8.40. The summed E-state index contributed by atoms with van der Waals surface area (Å²) in [6, 6.07) is -4.79. The summed E-state index contributed by atoms with van der Waals surface area (Å²) in [7, 11) is 0. The molecule has 0 bridgehead atoms. The van der Waals surface area contributed by atoms with Gasteiger partial charge in [-0.2, -0.15) is 0 Å². The number of carbonyl (C=O) groups is 6. The Morgan fingerprint density at radius 1 is 0.931 bits per heavy atom. The highest BCUT2D eigenvalue weighted by atomic mass is 16.4. The van der Waals surface area contributed by atoms with E-state index in [0.717, 1.165) is 0 Å². The zero-order valence-electron chi connectivity index (χ0n) is 15.6. The van der Waals surface area contributed by atoms with E-state index < -0.39 is 72.8 Å². The molecule has 4 amide bonds. The Morgan fingerprint density at radius 3 is 1.90 bits per heavy atom. The topological polar surface area (TPSA) is 251 Å². The Kier molecular flexibility index (Phi) is 10.9. The predicted octanol–water partition coefficient (Wildman–Crippen LogP) is -4.39. The molecule has 0 heterocycles. The van der Waals surface area contributed by atoms with Gasteiger partial charge in [-0.15, -0.1) is 0 Å². The second kappa shape index (κ2) is 12.2. The second-order valence-corrected chi connectivity index (χ2v) is 6.05. The number of rotatable bonds is 13. The zero-order valence-corrected chi connectivity index (χ0v) is 15.6. The number of aliphatic hydroxyl groups excluding tert-OH is 1. The van der Waals surface area contributed by atoms with Crippen LogP contribution in [0.25, 0.3) is 0 Å². The fraction of sp³-hybridized carbons (Fsp3) is 0.600. The van der Waals surface area contributed by atoms with Crippen molar-refractivity contribution in [1.82, 2.24) is 16.0 Å². The lowest BCUT2D eigenvalue weighted by Gasteiger charge is -2.25. The van der Waals surface area contributed by atoms with Gasteiger partial charge in [0, 0.05) is 6.42 Å². The standard InChI is InChI=1S/C15H25N5O9/c1-6(21)12(20-10(23)5-16)14(27)18-7(2-3-9(17)22)13(26)19-8(15(28)29)4-11(24)25/h6-8,12,21H,2-5,16H2,1H3,(H2,17,22)(H,18,27)(H,19,26)(H,20,23)(H,24,25)(H,28,29). The minimum absolute atomic E-state index is 0.344. The molecule has 14 nitrogen and oxygen atoms in total. The molecule has 0 aromatic carbocycles. The lowest BCUT2D eigenvalue weighted by Crippen LogP contribution is -2.59. The smallest absolute Gasteiger partial charge is 0.326 e.